The van der Waals surface area contributed by atoms with Crippen LogP contribution in [0.25, 0.3) is 0 Å². The molecule has 0 aliphatic carbocycles. The largest absolute Gasteiger partial charge is 0.290 e. The molecule has 7 heteroatoms. The molecule has 1 aromatic carbocycles. The van der Waals surface area contributed by atoms with Gasteiger partial charge in [-0.3, -0.25) is 4.90 Å². The Morgan fingerprint density at radius 3 is 2.45 bits per heavy atom. The van der Waals surface area contributed by atoms with Gasteiger partial charge in [0.15, 0.2) is 0 Å². The second kappa shape index (κ2) is 6.55. The number of nitrogens with zero attached hydrogens (tertiary/aromatic N) is 2. The van der Waals surface area contributed by atoms with Crippen LogP contribution in [0.15, 0.2) is 29.2 Å². The average Bonchev–Trinajstić information content (AvgIpc) is 2.41. The van der Waals surface area contributed by atoms with E-state index < -0.39 is 10.0 Å². The molecule has 0 spiro atoms. The molecule has 1 aromatic rings. The minimum absolute atomic E-state index is 0.0781. The van der Waals surface area contributed by atoms with E-state index >= 15 is 0 Å². The van der Waals surface area contributed by atoms with Gasteiger partial charge in [-0.1, -0.05) is 11.6 Å². The van der Waals surface area contributed by atoms with Crippen LogP contribution >= 0.6 is 11.6 Å². The quantitative estimate of drug-likeness (QED) is 0.857. The molecule has 0 saturated carbocycles. The van der Waals surface area contributed by atoms with E-state index in [1.54, 1.807) is 12.1 Å². The Hall–Kier alpha value is -1.13. The number of hydrogen-bond donors (Lipinski definition) is 1. The van der Waals surface area contributed by atoms with Gasteiger partial charge in [-0.15, -0.1) is 0 Å². The van der Waals surface area contributed by atoms with E-state index in [-0.39, 0.29) is 10.9 Å². The van der Waals surface area contributed by atoms with Crippen LogP contribution in [0.2, 0.25) is 5.02 Å². The fraction of sp³-hybridized carbons (Fsp3) is 0.462. The number of rotatable bonds is 4. The van der Waals surface area contributed by atoms with E-state index in [2.05, 4.69) is 10.8 Å². The number of nitriles is 1. The highest BCUT2D eigenvalue weighted by Gasteiger charge is 2.24. The van der Waals surface area contributed by atoms with Gasteiger partial charge in [0, 0.05) is 24.2 Å². The van der Waals surface area contributed by atoms with E-state index in [9.17, 15) is 8.42 Å². The molecule has 0 atom stereocenters. The first kappa shape index (κ1) is 15.3. The molecule has 0 aromatic heterocycles. The Kier molecular flexibility index (Phi) is 5.00. The van der Waals surface area contributed by atoms with Gasteiger partial charge in [0.2, 0.25) is 10.0 Å². The third kappa shape index (κ3) is 3.93. The van der Waals surface area contributed by atoms with E-state index in [4.69, 9.17) is 16.9 Å². The highest BCUT2D eigenvalue weighted by atomic mass is 35.5. The molecule has 1 N–H and O–H groups in total. The first-order valence-corrected chi connectivity index (χ1v) is 8.24. The van der Waals surface area contributed by atoms with Crippen molar-refractivity contribution in [1.82, 2.24) is 9.62 Å². The van der Waals surface area contributed by atoms with Gasteiger partial charge in [-0.2, -0.15) is 5.26 Å². The maximum Gasteiger partial charge on any atom is 0.240 e. The predicted molar refractivity (Wildman–Crippen MR) is 76.8 cm³/mol. The van der Waals surface area contributed by atoms with Crippen molar-refractivity contribution in [2.75, 3.05) is 19.6 Å². The molecule has 1 heterocycles. The number of hydrogen-bond acceptors (Lipinski definition) is 4. The van der Waals surface area contributed by atoms with E-state index in [1.165, 1.54) is 12.1 Å². The minimum Gasteiger partial charge on any atom is -0.290 e. The van der Waals surface area contributed by atoms with Crippen LogP contribution in [0.4, 0.5) is 0 Å². The molecule has 108 valence electrons. The van der Waals surface area contributed by atoms with Crippen molar-refractivity contribution in [2.24, 2.45) is 0 Å². The lowest BCUT2D eigenvalue weighted by Crippen LogP contribution is -2.44. The van der Waals surface area contributed by atoms with Crippen LogP contribution in [0, 0.1) is 11.3 Å². The molecule has 1 fully saturated rings. The number of nitrogens with one attached hydrogen (secondary N) is 1. The van der Waals surface area contributed by atoms with E-state index in [0.717, 1.165) is 13.1 Å². The second-order valence-electron chi connectivity index (χ2n) is 4.78. The first-order chi connectivity index (χ1) is 9.51. The molecule has 1 saturated heterocycles. The van der Waals surface area contributed by atoms with Gasteiger partial charge in [0.25, 0.3) is 0 Å². The number of halogens is 1. The van der Waals surface area contributed by atoms with Crippen molar-refractivity contribution in [2.45, 2.75) is 23.8 Å². The summed E-state index contributed by atoms with van der Waals surface area (Å²) in [5.74, 6) is 0. The Morgan fingerprint density at radius 2 is 1.90 bits per heavy atom. The Labute approximate surface area is 124 Å². The van der Waals surface area contributed by atoms with Crippen LogP contribution in [-0.4, -0.2) is 39.0 Å². The molecule has 2 rings (SSSR count). The summed E-state index contributed by atoms with van der Waals surface area (Å²) < 4.78 is 27.1. The van der Waals surface area contributed by atoms with Crippen LogP contribution < -0.4 is 4.72 Å². The van der Waals surface area contributed by atoms with Gasteiger partial charge < -0.3 is 0 Å². The molecular weight excluding hydrogens is 298 g/mol. The molecule has 20 heavy (non-hydrogen) atoms. The zero-order valence-electron chi connectivity index (χ0n) is 10.9. The highest BCUT2D eigenvalue weighted by molar-refractivity contribution is 7.89. The molecule has 5 nitrogen and oxygen atoms in total. The molecule has 1 aliphatic heterocycles. The summed E-state index contributed by atoms with van der Waals surface area (Å²) in [4.78, 5) is 2.24. The maximum absolute atomic E-state index is 12.2. The van der Waals surface area contributed by atoms with Crippen molar-refractivity contribution in [3.05, 3.63) is 29.3 Å². The summed E-state index contributed by atoms with van der Waals surface area (Å²) in [7, 11) is -3.50. The van der Waals surface area contributed by atoms with Crippen molar-refractivity contribution < 1.29 is 8.42 Å². The zero-order valence-corrected chi connectivity index (χ0v) is 12.5. The zero-order chi connectivity index (χ0) is 14.6. The molecule has 0 bridgehead atoms. The summed E-state index contributed by atoms with van der Waals surface area (Å²) in [6.45, 7) is 1.87. The fourth-order valence-corrected chi connectivity index (χ4v) is 3.64. The maximum atomic E-state index is 12.2. The number of likely N-dealkylation sites (tertiary alicyclic amines) is 1. The third-order valence-electron chi connectivity index (χ3n) is 3.33. The van der Waals surface area contributed by atoms with Gasteiger partial charge in [0.05, 0.1) is 17.5 Å². The van der Waals surface area contributed by atoms with Crippen LogP contribution in [0.5, 0.6) is 0 Å². The molecule has 0 radical (unpaired) electrons. The normalized spacial score (nSPS) is 17.8. The summed E-state index contributed by atoms with van der Waals surface area (Å²) in [6.07, 6.45) is 1.43. The number of piperidine rings is 1. The van der Waals surface area contributed by atoms with Crippen molar-refractivity contribution >= 4 is 21.6 Å². The van der Waals surface area contributed by atoms with Crippen LogP contribution in [0.1, 0.15) is 12.8 Å². The second-order valence-corrected chi connectivity index (χ2v) is 6.93. The summed E-state index contributed by atoms with van der Waals surface area (Å²) in [5.41, 5.74) is 0. The fourth-order valence-electron chi connectivity index (χ4n) is 2.21. The van der Waals surface area contributed by atoms with Gasteiger partial charge >= 0.3 is 0 Å². The Bertz CT molecular complexity index is 587. The molecule has 1 aliphatic rings. The third-order valence-corrected chi connectivity index (χ3v) is 5.12. The van der Waals surface area contributed by atoms with Crippen LogP contribution in [-0.2, 0) is 10.0 Å². The van der Waals surface area contributed by atoms with Crippen molar-refractivity contribution in [3.8, 4) is 6.07 Å². The van der Waals surface area contributed by atoms with E-state index in [1.807, 2.05) is 4.90 Å². The minimum atomic E-state index is -3.50. The van der Waals surface area contributed by atoms with Gasteiger partial charge in [0.1, 0.15) is 0 Å². The molecular formula is C13H16ClN3O2S. The van der Waals surface area contributed by atoms with Gasteiger partial charge in [-0.25, -0.2) is 13.1 Å². The lowest BCUT2D eigenvalue weighted by atomic mass is 10.1. The SMILES string of the molecule is N#CCN1CCC(NS(=O)(=O)c2ccc(Cl)cc2)CC1. The van der Waals surface area contributed by atoms with E-state index in [0.29, 0.717) is 24.4 Å². The summed E-state index contributed by atoms with van der Waals surface area (Å²) >= 11 is 5.75. The lowest BCUT2D eigenvalue weighted by Gasteiger charge is -2.30. The predicted octanol–water partition coefficient (Wildman–Crippen LogP) is 1.61. The van der Waals surface area contributed by atoms with Crippen molar-refractivity contribution in [1.29, 1.82) is 5.26 Å². The van der Waals surface area contributed by atoms with Crippen molar-refractivity contribution in [3.63, 3.8) is 0 Å². The first-order valence-electron chi connectivity index (χ1n) is 6.38. The molecule has 0 amide bonds. The Balaban J connectivity index is 1.96. The highest BCUT2D eigenvalue weighted by Crippen LogP contribution is 2.17. The standard InChI is InChI=1S/C13H16ClN3O2S/c14-11-1-3-13(4-2-11)20(18,19)16-12-5-8-17(9-6-12)10-7-15/h1-4,12,16H,5-6,8-10H2. The smallest absolute Gasteiger partial charge is 0.240 e. The number of sulfonamides is 1. The summed E-state index contributed by atoms with van der Waals surface area (Å²) in [6, 6.07) is 8.14. The van der Waals surface area contributed by atoms with Crippen LogP contribution in [0.3, 0.4) is 0 Å². The average molecular weight is 314 g/mol. The monoisotopic (exact) mass is 313 g/mol. The summed E-state index contributed by atoms with van der Waals surface area (Å²) in [5, 5.41) is 9.14. The Morgan fingerprint density at radius 1 is 1.30 bits per heavy atom. The number of benzene rings is 1. The topological polar surface area (TPSA) is 73.2 Å². The lowest BCUT2D eigenvalue weighted by molar-refractivity contribution is 0.229. The van der Waals surface area contributed by atoms with Gasteiger partial charge in [-0.05, 0) is 37.1 Å². The molecule has 0 unspecified atom stereocenters.